The highest BCUT2D eigenvalue weighted by Gasteiger charge is 2.20. The van der Waals surface area contributed by atoms with Gasteiger partial charge in [-0.25, -0.2) is 13.1 Å². The summed E-state index contributed by atoms with van der Waals surface area (Å²) in [6, 6.07) is 3.75. The lowest BCUT2D eigenvalue weighted by atomic mass is 10.3. The summed E-state index contributed by atoms with van der Waals surface area (Å²) >= 11 is 0. The van der Waals surface area contributed by atoms with E-state index in [0.717, 1.165) is 6.07 Å². The molecule has 0 amide bonds. The highest BCUT2D eigenvalue weighted by Crippen LogP contribution is 2.26. The van der Waals surface area contributed by atoms with E-state index in [9.17, 15) is 18.5 Å². The molecular formula is C10H15N3O4S. The van der Waals surface area contributed by atoms with Gasteiger partial charge in [0.25, 0.3) is 5.69 Å². The molecule has 0 saturated heterocycles. The van der Waals surface area contributed by atoms with Gasteiger partial charge in [0.2, 0.25) is 10.0 Å². The smallest absolute Gasteiger partial charge is 0.293 e. The first-order valence-corrected chi connectivity index (χ1v) is 6.86. The predicted octanol–water partition coefficient (Wildman–Crippen LogP) is 1.32. The standard InChI is InChI=1S/C10H15N3O4S/c1-3-6-12-18(16,17)8-4-5-9(11-2)10(7-8)13(14)15/h4-5,7,11-12H,3,6H2,1-2H3. The highest BCUT2D eigenvalue weighted by molar-refractivity contribution is 7.89. The molecule has 1 aromatic rings. The Labute approximate surface area is 105 Å². The van der Waals surface area contributed by atoms with Gasteiger partial charge in [-0.3, -0.25) is 10.1 Å². The molecule has 0 fully saturated rings. The van der Waals surface area contributed by atoms with Gasteiger partial charge in [0, 0.05) is 19.7 Å². The zero-order valence-corrected chi connectivity index (χ0v) is 11.0. The Kier molecular flexibility index (Phi) is 4.62. The number of hydrogen-bond acceptors (Lipinski definition) is 5. The van der Waals surface area contributed by atoms with Gasteiger partial charge in [0.05, 0.1) is 9.82 Å². The van der Waals surface area contributed by atoms with E-state index in [0.29, 0.717) is 13.0 Å². The number of nitro groups is 1. The first-order valence-electron chi connectivity index (χ1n) is 5.38. The molecule has 2 N–H and O–H groups in total. The Morgan fingerprint density at radius 2 is 2.06 bits per heavy atom. The average Bonchev–Trinajstić information content (AvgIpc) is 2.35. The molecular weight excluding hydrogens is 258 g/mol. The van der Waals surface area contributed by atoms with Crippen LogP contribution >= 0.6 is 0 Å². The van der Waals surface area contributed by atoms with E-state index in [2.05, 4.69) is 10.0 Å². The molecule has 1 rings (SSSR count). The van der Waals surface area contributed by atoms with Crippen LogP contribution in [0.15, 0.2) is 23.1 Å². The van der Waals surface area contributed by atoms with Crippen LogP contribution in [0.2, 0.25) is 0 Å². The second-order valence-corrected chi connectivity index (χ2v) is 5.35. The lowest BCUT2D eigenvalue weighted by Crippen LogP contribution is -2.24. The van der Waals surface area contributed by atoms with Crippen molar-refractivity contribution in [3.63, 3.8) is 0 Å². The lowest BCUT2D eigenvalue weighted by Gasteiger charge is -2.07. The van der Waals surface area contributed by atoms with Crippen molar-refractivity contribution in [1.29, 1.82) is 0 Å². The fourth-order valence-corrected chi connectivity index (χ4v) is 2.51. The van der Waals surface area contributed by atoms with E-state index in [1.54, 1.807) is 0 Å². The van der Waals surface area contributed by atoms with Crippen LogP contribution in [0.4, 0.5) is 11.4 Å². The first kappa shape index (κ1) is 14.4. The number of nitrogens with zero attached hydrogens (tertiary/aromatic N) is 1. The zero-order chi connectivity index (χ0) is 13.8. The minimum atomic E-state index is -3.69. The molecule has 0 radical (unpaired) electrons. The van der Waals surface area contributed by atoms with Gasteiger partial charge < -0.3 is 5.32 Å². The lowest BCUT2D eigenvalue weighted by molar-refractivity contribution is -0.384. The maximum atomic E-state index is 11.8. The summed E-state index contributed by atoms with van der Waals surface area (Å²) in [4.78, 5) is 10.1. The molecule has 0 bridgehead atoms. The number of sulfonamides is 1. The molecule has 100 valence electrons. The first-order chi connectivity index (χ1) is 8.42. The number of nitro benzene ring substituents is 1. The molecule has 0 atom stereocenters. The molecule has 7 nitrogen and oxygen atoms in total. The number of nitrogens with one attached hydrogen (secondary N) is 2. The third-order valence-electron chi connectivity index (χ3n) is 2.29. The summed E-state index contributed by atoms with van der Waals surface area (Å²) in [6.45, 7) is 2.12. The normalized spacial score (nSPS) is 11.2. The van der Waals surface area contributed by atoms with Crippen LogP contribution in [0.25, 0.3) is 0 Å². The van der Waals surface area contributed by atoms with E-state index in [-0.39, 0.29) is 16.3 Å². The Balaban J connectivity index is 3.20. The van der Waals surface area contributed by atoms with Crippen LogP contribution in [0, 0.1) is 10.1 Å². The minimum absolute atomic E-state index is 0.110. The summed E-state index contributed by atoms with van der Waals surface area (Å²) in [5.74, 6) is 0. The van der Waals surface area contributed by atoms with Crippen molar-refractivity contribution in [2.75, 3.05) is 18.9 Å². The SMILES string of the molecule is CCCNS(=O)(=O)c1ccc(NC)c([N+](=O)[O-])c1. The highest BCUT2D eigenvalue weighted by atomic mass is 32.2. The summed E-state index contributed by atoms with van der Waals surface area (Å²) in [5, 5.41) is 13.5. The molecule has 0 heterocycles. The Bertz CT molecular complexity index is 542. The Morgan fingerprint density at radius 3 is 2.56 bits per heavy atom. The second-order valence-electron chi connectivity index (χ2n) is 3.58. The number of benzene rings is 1. The molecule has 18 heavy (non-hydrogen) atoms. The molecule has 0 aliphatic carbocycles. The third kappa shape index (κ3) is 3.17. The van der Waals surface area contributed by atoms with Crippen molar-refractivity contribution in [1.82, 2.24) is 4.72 Å². The summed E-state index contributed by atoms with van der Waals surface area (Å²) in [7, 11) is -2.15. The molecule has 0 aromatic heterocycles. The molecule has 1 aromatic carbocycles. The number of hydrogen-bond donors (Lipinski definition) is 2. The zero-order valence-electron chi connectivity index (χ0n) is 10.1. The largest absolute Gasteiger partial charge is 0.383 e. The van der Waals surface area contributed by atoms with E-state index >= 15 is 0 Å². The minimum Gasteiger partial charge on any atom is -0.383 e. The van der Waals surface area contributed by atoms with Crippen molar-refractivity contribution in [3.8, 4) is 0 Å². The maximum Gasteiger partial charge on any atom is 0.293 e. The second kappa shape index (κ2) is 5.78. The molecule has 0 aliphatic heterocycles. The van der Waals surface area contributed by atoms with Gasteiger partial charge >= 0.3 is 0 Å². The maximum absolute atomic E-state index is 11.8. The van der Waals surface area contributed by atoms with Gasteiger partial charge in [0.15, 0.2) is 0 Å². The van der Waals surface area contributed by atoms with Gasteiger partial charge in [-0.05, 0) is 18.6 Å². The van der Waals surface area contributed by atoms with Crippen LogP contribution in [-0.4, -0.2) is 26.9 Å². The van der Waals surface area contributed by atoms with Gasteiger partial charge in [-0.1, -0.05) is 6.92 Å². The van der Waals surface area contributed by atoms with Crippen molar-refractivity contribution in [2.45, 2.75) is 18.2 Å². The average molecular weight is 273 g/mol. The summed E-state index contributed by atoms with van der Waals surface area (Å²) in [6.07, 6.45) is 0.649. The van der Waals surface area contributed by atoms with E-state index in [4.69, 9.17) is 0 Å². The van der Waals surface area contributed by atoms with Crippen LogP contribution in [-0.2, 0) is 10.0 Å². The van der Waals surface area contributed by atoms with Gasteiger partial charge in [-0.2, -0.15) is 0 Å². The monoisotopic (exact) mass is 273 g/mol. The number of rotatable bonds is 6. The van der Waals surface area contributed by atoms with Crippen molar-refractivity contribution in [3.05, 3.63) is 28.3 Å². The Hall–Kier alpha value is -1.67. The van der Waals surface area contributed by atoms with Gasteiger partial charge in [0.1, 0.15) is 5.69 Å². The van der Waals surface area contributed by atoms with Crippen molar-refractivity contribution in [2.24, 2.45) is 0 Å². The molecule has 0 unspecified atom stereocenters. The molecule has 0 saturated carbocycles. The van der Waals surface area contributed by atoms with Crippen LogP contribution in [0.3, 0.4) is 0 Å². The van der Waals surface area contributed by atoms with Crippen LogP contribution in [0.5, 0.6) is 0 Å². The van der Waals surface area contributed by atoms with Crippen molar-refractivity contribution < 1.29 is 13.3 Å². The quantitative estimate of drug-likeness (QED) is 0.601. The van der Waals surface area contributed by atoms with E-state index in [1.165, 1.54) is 19.2 Å². The van der Waals surface area contributed by atoms with Crippen molar-refractivity contribution >= 4 is 21.4 Å². The molecule has 0 spiro atoms. The summed E-state index contributed by atoms with van der Waals surface area (Å²) in [5.41, 5.74) is 0.00585. The van der Waals surface area contributed by atoms with Crippen LogP contribution < -0.4 is 10.0 Å². The topological polar surface area (TPSA) is 101 Å². The predicted molar refractivity (Wildman–Crippen MR) is 68.1 cm³/mol. The summed E-state index contributed by atoms with van der Waals surface area (Å²) < 4.78 is 26.0. The third-order valence-corrected chi connectivity index (χ3v) is 3.75. The fourth-order valence-electron chi connectivity index (χ4n) is 1.36. The fraction of sp³-hybridized carbons (Fsp3) is 0.400. The number of anilines is 1. The molecule has 0 aliphatic rings. The Morgan fingerprint density at radius 1 is 1.39 bits per heavy atom. The van der Waals surface area contributed by atoms with E-state index < -0.39 is 14.9 Å². The van der Waals surface area contributed by atoms with E-state index in [1.807, 2.05) is 6.92 Å². The van der Waals surface area contributed by atoms with Crippen LogP contribution in [0.1, 0.15) is 13.3 Å². The molecule has 8 heteroatoms. The van der Waals surface area contributed by atoms with Gasteiger partial charge in [-0.15, -0.1) is 0 Å².